The van der Waals surface area contributed by atoms with Gasteiger partial charge in [-0.15, -0.1) is 0 Å². The zero-order valence-electron chi connectivity index (χ0n) is 9.41. The Labute approximate surface area is 77.9 Å². The third kappa shape index (κ3) is 8.06. The quantitative estimate of drug-likeness (QED) is 0.670. The van der Waals surface area contributed by atoms with Crippen LogP contribution in [0.3, 0.4) is 0 Å². The topological polar surface area (TPSA) is 12.0 Å². The third-order valence-electron chi connectivity index (χ3n) is 1.93. The lowest BCUT2D eigenvalue weighted by molar-refractivity contribution is 0.358. The van der Waals surface area contributed by atoms with E-state index in [4.69, 9.17) is 0 Å². The summed E-state index contributed by atoms with van der Waals surface area (Å²) in [6, 6.07) is 0. The first-order chi connectivity index (χ1) is 5.45. The predicted molar refractivity (Wildman–Crippen MR) is 56.4 cm³/mol. The molecule has 1 atom stereocenters. The summed E-state index contributed by atoms with van der Waals surface area (Å²) in [6.07, 6.45) is 2.65. The molecule has 0 aromatic heterocycles. The number of hydrogen-bond donors (Lipinski definition) is 1. The molecule has 0 bridgehead atoms. The monoisotopic (exact) mass is 171 g/mol. The molecule has 0 heterocycles. The van der Waals surface area contributed by atoms with E-state index in [9.17, 15) is 0 Å². The van der Waals surface area contributed by atoms with E-state index >= 15 is 0 Å². The molecule has 0 rings (SSSR count). The van der Waals surface area contributed by atoms with Gasteiger partial charge in [0.2, 0.25) is 0 Å². The lowest BCUT2D eigenvalue weighted by atomic mass is 9.96. The zero-order chi connectivity index (χ0) is 9.61. The van der Waals surface area contributed by atoms with Crippen molar-refractivity contribution in [3.8, 4) is 0 Å². The second-order valence-corrected chi connectivity index (χ2v) is 5.09. The maximum absolute atomic E-state index is 3.51. The summed E-state index contributed by atoms with van der Waals surface area (Å²) < 4.78 is 0. The lowest BCUT2D eigenvalue weighted by Crippen LogP contribution is -2.30. The van der Waals surface area contributed by atoms with Crippen LogP contribution in [-0.4, -0.2) is 13.1 Å². The summed E-state index contributed by atoms with van der Waals surface area (Å²) in [4.78, 5) is 0. The highest BCUT2D eigenvalue weighted by molar-refractivity contribution is 4.66. The number of hydrogen-bond acceptors (Lipinski definition) is 1. The van der Waals surface area contributed by atoms with Gasteiger partial charge in [0.15, 0.2) is 0 Å². The van der Waals surface area contributed by atoms with Gasteiger partial charge in [0.1, 0.15) is 0 Å². The van der Waals surface area contributed by atoms with Crippen LogP contribution in [-0.2, 0) is 0 Å². The molecule has 0 aromatic rings. The van der Waals surface area contributed by atoms with Crippen LogP contribution in [0.1, 0.15) is 47.5 Å². The van der Waals surface area contributed by atoms with E-state index in [0.717, 1.165) is 12.5 Å². The molecule has 1 N–H and O–H groups in total. The first-order valence-corrected chi connectivity index (χ1v) is 5.16. The summed E-state index contributed by atoms with van der Waals surface area (Å²) in [5.41, 5.74) is 0.423. The number of rotatable bonds is 5. The van der Waals surface area contributed by atoms with E-state index in [-0.39, 0.29) is 0 Å². The molecule has 0 amide bonds. The summed E-state index contributed by atoms with van der Waals surface area (Å²) in [5.74, 6) is 0.831. The molecule has 0 aromatic carbocycles. The van der Waals surface area contributed by atoms with Crippen molar-refractivity contribution < 1.29 is 0 Å². The fourth-order valence-electron chi connectivity index (χ4n) is 1.29. The first-order valence-electron chi connectivity index (χ1n) is 5.16. The average Bonchev–Trinajstić information content (AvgIpc) is 1.84. The standard InChI is InChI=1S/C11H25N/c1-6-7-10(2)8-12-9-11(3,4)5/h10,12H,6-9H2,1-5H3. The van der Waals surface area contributed by atoms with Crippen molar-refractivity contribution in [3.63, 3.8) is 0 Å². The lowest BCUT2D eigenvalue weighted by Gasteiger charge is -2.20. The molecular weight excluding hydrogens is 146 g/mol. The Balaban J connectivity index is 3.31. The van der Waals surface area contributed by atoms with Crippen molar-refractivity contribution in [3.05, 3.63) is 0 Å². The average molecular weight is 171 g/mol. The maximum atomic E-state index is 3.51. The summed E-state index contributed by atoms with van der Waals surface area (Å²) >= 11 is 0. The molecule has 1 unspecified atom stereocenters. The van der Waals surface area contributed by atoms with Gasteiger partial charge in [0, 0.05) is 0 Å². The molecule has 74 valence electrons. The van der Waals surface area contributed by atoms with Crippen LogP contribution in [0.25, 0.3) is 0 Å². The molecule has 0 saturated carbocycles. The van der Waals surface area contributed by atoms with Gasteiger partial charge >= 0.3 is 0 Å². The molecule has 0 aliphatic rings. The van der Waals surface area contributed by atoms with Crippen LogP contribution in [0, 0.1) is 11.3 Å². The molecule has 0 saturated heterocycles. The van der Waals surface area contributed by atoms with Crippen molar-refractivity contribution in [1.29, 1.82) is 0 Å². The van der Waals surface area contributed by atoms with Gasteiger partial charge in [-0.2, -0.15) is 0 Å². The Kier molecular flexibility index (Phi) is 5.56. The fraction of sp³-hybridized carbons (Fsp3) is 1.00. The van der Waals surface area contributed by atoms with E-state index in [1.165, 1.54) is 19.4 Å². The molecule has 0 spiro atoms. The van der Waals surface area contributed by atoms with Gasteiger partial charge in [-0.3, -0.25) is 0 Å². The highest BCUT2D eigenvalue weighted by atomic mass is 14.9. The highest BCUT2D eigenvalue weighted by Gasteiger charge is 2.09. The SMILES string of the molecule is CCCC(C)CNCC(C)(C)C. The van der Waals surface area contributed by atoms with E-state index in [1.807, 2.05) is 0 Å². The number of nitrogens with one attached hydrogen (secondary N) is 1. The second-order valence-electron chi connectivity index (χ2n) is 5.09. The van der Waals surface area contributed by atoms with Crippen molar-refractivity contribution in [2.75, 3.05) is 13.1 Å². The highest BCUT2D eigenvalue weighted by Crippen LogP contribution is 2.11. The van der Waals surface area contributed by atoms with Crippen LogP contribution in [0.2, 0.25) is 0 Å². The molecule has 0 aliphatic carbocycles. The van der Waals surface area contributed by atoms with Gasteiger partial charge in [-0.1, -0.05) is 41.0 Å². The molecule has 0 aliphatic heterocycles. The van der Waals surface area contributed by atoms with Gasteiger partial charge in [-0.25, -0.2) is 0 Å². The first kappa shape index (κ1) is 12.0. The Morgan fingerprint density at radius 3 is 2.25 bits per heavy atom. The van der Waals surface area contributed by atoms with E-state index in [1.54, 1.807) is 0 Å². The predicted octanol–water partition coefficient (Wildman–Crippen LogP) is 3.06. The molecule has 0 fully saturated rings. The second kappa shape index (κ2) is 5.58. The molecule has 0 radical (unpaired) electrons. The Hall–Kier alpha value is -0.0400. The Morgan fingerprint density at radius 1 is 1.25 bits per heavy atom. The van der Waals surface area contributed by atoms with Crippen LogP contribution in [0.15, 0.2) is 0 Å². The smallest absolute Gasteiger partial charge is 0.00000114 e. The minimum absolute atomic E-state index is 0.423. The summed E-state index contributed by atoms with van der Waals surface area (Å²) in [7, 11) is 0. The largest absolute Gasteiger partial charge is 0.316 e. The van der Waals surface area contributed by atoms with Crippen molar-refractivity contribution in [1.82, 2.24) is 5.32 Å². The van der Waals surface area contributed by atoms with Crippen LogP contribution >= 0.6 is 0 Å². The van der Waals surface area contributed by atoms with Gasteiger partial charge < -0.3 is 5.32 Å². The molecule has 1 heteroatoms. The van der Waals surface area contributed by atoms with Crippen molar-refractivity contribution in [2.24, 2.45) is 11.3 Å². The van der Waals surface area contributed by atoms with Crippen LogP contribution in [0.5, 0.6) is 0 Å². The van der Waals surface area contributed by atoms with Crippen molar-refractivity contribution >= 4 is 0 Å². The van der Waals surface area contributed by atoms with E-state index in [2.05, 4.69) is 39.9 Å². The van der Waals surface area contributed by atoms with Crippen molar-refractivity contribution in [2.45, 2.75) is 47.5 Å². The molecular formula is C11H25N. The molecule has 1 nitrogen and oxygen atoms in total. The summed E-state index contributed by atoms with van der Waals surface area (Å²) in [6.45, 7) is 13.7. The normalized spacial score (nSPS) is 14.8. The fourth-order valence-corrected chi connectivity index (χ4v) is 1.29. The third-order valence-corrected chi connectivity index (χ3v) is 1.93. The van der Waals surface area contributed by atoms with Gasteiger partial charge in [-0.05, 0) is 30.8 Å². The van der Waals surface area contributed by atoms with Gasteiger partial charge in [0.05, 0.1) is 0 Å². The maximum Gasteiger partial charge on any atom is -0.00000114 e. The Morgan fingerprint density at radius 2 is 1.83 bits per heavy atom. The van der Waals surface area contributed by atoms with Gasteiger partial charge in [0.25, 0.3) is 0 Å². The molecule has 12 heavy (non-hydrogen) atoms. The van der Waals surface area contributed by atoms with E-state index in [0.29, 0.717) is 5.41 Å². The van der Waals surface area contributed by atoms with Crippen LogP contribution < -0.4 is 5.32 Å². The minimum atomic E-state index is 0.423. The van der Waals surface area contributed by atoms with Crippen LogP contribution in [0.4, 0.5) is 0 Å². The van der Waals surface area contributed by atoms with E-state index < -0.39 is 0 Å². The minimum Gasteiger partial charge on any atom is -0.316 e. The summed E-state index contributed by atoms with van der Waals surface area (Å²) in [5, 5.41) is 3.51. The Bertz CT molecular complexity index is 102. The zero-order valence-corrected chi connectivity index (χ0v) is 9.41.